The predicted octanol–water partition coefficient (Wildman–Crippen LogP) is 3.89. The van der Waals surface area contributed by atoms with Crippen LogP contribution < -0.4 is 5.32 Å². The highest BCUT2D eigenvalue weighted by Gasteiger charge is 2.13. The second-order valence-corrected chi connectivity index (χ2v) is 6.13. The lowest BCUT2D eigenvalue weighted by Crippen LogP contribution is -2.27. The average Bonchev–Trinajstić information content (AvgIpc) is 3.12. The maximum atomic E-state index is 12.6. The van der Waals surface area contributed by atoms with Crippen molar-refractivity contribution in [3.63, 3.8) is 0 Å². The van der Waals surface area contributed by atoms with Gasteiger partial charge >= 0.3 is 0 Å². The monoisotopic (exact) mass is 342 g/mol. The molecular formula is C21H18N4O. The van der Waals surface area contributed by atoms with Crippen molar-refractivity contribution in [2.75, 3.05) is 0 Å². The van der Waals surface area contributed by atoms with Gasteiger partial charge in [0.25, 0.3) is 5.91 Å². The van der Waals surface area contributed by atoms with Crippen LogP contribution in [0.25, 0.3) is 16.9 Å². The van der Waals surface area contributed by atoms with E-state index < -0.39 is 0 Å². The van der Waals surface area contributed by atoms with Crippen LogP contribution in [0.15, 0.2) is 79.3 Å². The summed E-state index contributed by atoms with van der Waals surface area (Å²) < 4.78 is 1.88. The molecule has 4 aromatic rings. The Hall–Kier alpha value is -3.47. The van der Waals surface area contributed by atoms with Crippen molar-refractivity contribution in [3.05, 3.63) is 90.5 Å². The highest BCUT2D eigenvalue weighted by atomic mass is 16.1. The molecule has 3 heterocycles. The molecule has 0 saturated carbocycles. The normalized spacial score (nSPS) is 12.0. The van der Waals surface area contributed by atoms with Gasteiger partial charge in [0, 0.05) is 24.2 Å². The van der Waals surface area contributed by atoms with E-state index in [1.165, 1.54) is 0 Å². The maximum Gasteiger partial charge on any atom is 0.253 e. The molecule has 0 aliphatic heterocycles. The van der Waals surface area contributed by atoms with Crippen LogP contribution in [0.2, 0.25) is 0 Å². The van der Waals surface area contributed by atoms with E-state index in [-0.39, 0.29) is 11.9 Å². The summed E-state index contributed by atoms with van der Waals surface area (Å²) in [5, 5.41) is 2.98. The number of carbonyl (C=O) groups excluding carboxylic acids is 1. The fourth-order valence-corrected chi connectivity index (χ4v) is 2.86. The summed E-state index contributed by atoms with van der Waals surface area (Å²) in [7, 11) is 0. The standard InChI is InChI=1S/C21H18N4O/c1-15(18-9-5-6-12-22-18)23-21(26)17-10-11-20-24-19(14-25(20)13-17)16-7-3-2-4-8-16/h2-15H,1H3,(H,23,26)/t15-/m1/s1. The van der Waals surface area contributed by atoms with E-state index in [2.05, 4.69) is 15.3 Å². The predicted molar refractivity (Wildman–Crippen MR) is 101 cm³/mol. The van der Waals surface area contributed by atoms with Gasteiger partial charge in [-0.3, -0.25) is 9.78 Å². The fourth-order valence-electron chi connectivity index (χ4n) is 2.86. The Morgan fingerprint density at radius 2 is 1.81 bits per heavy atom. The van der Waals surface area contributed by atoms with Gasteiger partial charge in [0.1, 0.15) is 5.65 Å². The topological polar surface area (TPSA) is 59.3 Å². The van der Waals surface area contributed by atoms with Gasteiger partial charge in [0.05, 0.1) is 23.0 Å². The molecule has 4 rings (SSSR count). The van der Waals surface area contributed by atoms with Crippen molar-refractivity contribution in [1.82, 2.24) is 19.7 Å². The SMILES string of the molecule is C[C@@H](NC(=O)c1ccc2nc(-c3ccccc3)cn2c1)c1ccccn1. The number of hydrogen-bond donors (Lipinski definition) is 1. The van der Waals surface area contributed by atoms with E-state index >= 15 is 0 Å². The number of fused-ring (bicyclic) bond motifs is 1. The summed E-state index contributed by atoms with van der Waals surface area (Å²) in [6.07, 6.45) is 5.46. The molecule has 0 unspecified atom stereocenters. The fraction of sp³-hybridized carbons (Fsp3) is 0.0952. The highest BCUT2D eigenvalue weighted by Crippen LogP contribution is 2.19. The Bertz CT molecular complexity index is 1040. The molecular weight excluding hydrogens is 324 g/mol. The van der Waals surface area contributed by atoms with Crippen molar-refractivity contribution >= 4 is 11.6 Å². The third-order valence-electron chi connectivity index (χ3n) is 4.26. The van der Waals surface area contributed by atoms with Gasteiger partial charge < -0.3 is 9.72 Å². The maximum absolute atomic E-state index is 12.6. The number of amides is 1. The van der Waals surface area contributed by atoms with Gasteiger partial charge in [-0.25, -0.2) is 4.98 Å². The van der Waals surface area contributed by atoms with Gasteiger partial charge in [-0.1, -0.05) is 36.4 Å². The number of pyridine rings is 2. The molecule has 1 amide bonds. The molecule has 0 fully saturated rings. The van der Waals surface area contributed by atoms with Crippen LogP contribution in [0.3, 0.4) is 0 Å². The number of hydrogen-bond acceptors (Lipinski definition) is 3. The largest absolute Gasteiger partial charge is 0.344 e. The minimum atomic E-state index is -0.165. The van der Waals surface area contributed by atoms with E-state index in [9.17, 15) is 4.79 Å². The molecule has 26 heavy (non-hydrogen) atoms. The van der Waals surface area contributed by atoms with E-state index in [1.54, 1.807) is 18.5 Å². The van der Waals surface area contributed by atoms with Crippen LogP contribution >= 0.6 is 0 Å². The first-order valence-electron chi connectivity index (χ1n) is 8.47. The minimum Gasteiger partial charge on any atom is -0.344 e. The Balaban J connectivity index is 1.58. The van der Waals surface area contributed by atoms with Crippen LogP contribution in [0, 0.1) is 0 Å². The smallest absolute Gasteiger partial charge is 0.253 e. The van der Waals surface area contributed by atoms with Gasteiger partial charge in [-0.15, -0.1) is 0 Å². The molecule has 0 aliphatic rings. The molecule has 0 bridgehead atoms. The first-order valence-corrected chi connectivity index (χ1v) is 8.47. The molecule has 0 radical (unpaired) electrons. The molecule has 0 spiro atoms. The molecule has 0 saturated heterocycles. The first kappa shape index (κ1) is 16.0. The lowest BCUT2D eigenvalue weighted by Gasteiger charge is -2.13. The summed E-state index contributed by atoms with van der Waals surface area (Å²) >= 11 is 0. The summed E-state index contributed by atoms with van der Waals surface area (Å²) in [6, 6.07) is 19.1. The molecule has 1 aromatic carbocycles. The molecule has 5 nitrogen and oxygen atoms in total. The van der Waals surface area contributed by atoms with Crippen LogP contribution in [0.1, 0.15) is 29.0 Å². The number of nitrogens with zero attached hydrogens (tertiary/aromatic N) is 3. The lowest BCUT2D eigenvalue weighted by molar-refractivity contribution is 0.0938. The molecule has 3 aromatic heterocycles. The van der Waals surface area contributed by atoms with Crippen LogP contribution in [0.4, 0.5) is 0 Å². The van der Waals surface area contributed by atoms with E-state index in [4.69, 9.17) is 0 Å². The third kappa shape index (κ3) is 3.19. The lowest BCUT2D eigenvalue weighted by atomic mass is 10.2. The quantitative estimate of drug-likeness (QED) is 0.612. The second-order valence-electron chi connectivity index (χ2n) is 6.13. The number of imidazole rings is 1. The van der Waals surface area contributed by atoms with Gasteiger partial charge in [0.2, 0.25) is 0 Å². The molecule has 128 valence electrons. The van der Waals surface area contributed by atoms with Crippen LogP contribution in [-0.2, 0) is 0 Å². The van der Waals surface area contributed by atoms with Crippen molar-refractivity contribution < 1.29 is 4.79 Å². The molecule has 0 aliphatic carbocycles. The van der Waals surface area contributed by atoms with Gasteiger partial charge in [-0.05, 0) is 31.2 Å². The molecule has 5 heteroatoms. The van der Waals surface area contributed by atoms with Crippen molar-refractivity contribution in [2.45, 2.75) is 13.0 Å². The zero-order chi connectivity index (χ0) is 17.9. The van der Waals surface area contributed by atoms with E-state index in [0.717, 1.165) is 22.6 Å². The van der Waals surface area contributed by atoms with Gasteiger partial charge in [0.15, 0.2) is 0 Å². The number of rotatable bonds is 4. The summed E-state index contributed by atoms with van der Waals surface area (Å²) in [6.45, 7) is 1.92. The number of carbonyl (C=O) groups is 1. The minimum absolute atomic E-state index is 0.139. The number of aromatic nitrogens is 3. The van der Waals surface area contributed by atoms with Crippen LogP contribution in [-0.4, -0.2) is 20.3 Å². The van der Waals surface area contributed by atoms with Crippen molar-refractivity contribution in [2.24, 2.45) is 0 Å². The number of nitrogens with one attached hydrogen (secondary N) is 1. The Morgan fingerprint density at radius 3 is 2.58 bits per heavy atom. The zero-order valence-corrected chi connectivity index (χ0v) is 14.3. The van der Waals surface area contributed by atoms with E-state index in [1.807, 2.05) is 72.1 Å². The molecule has 1 atom stereocenters. The average molecular weight is 342 g/mol. The Morgan fingerprint density at radius 1 is 1.00 bits per heavy atom. The van der Waals surface area contributed by atoms with E-state index in [0.29, 0.717) is 5.56 Å². The summed E-state index contributed by atoms with van der Waals surface area (Å²) in [5.41, 5.74) is 4.14. The zero-order valence-electron chi connectivity index (χ0n) is 14.3. The summed E-state index contributed by atoms with van der Waals surface area (Å²) in [4.78, 5) is 21.5. The molecule has 1 N–H and O–H groups in total. The van der Waals surface area contributed by atoms with Crippen LogP contribution in [0.5, 0.6) is 0 Å². The summed E-state index contributed by atoms with van der Waals surface area (Å²) in [5.74, 6) is -0.139. The first-order chi connectivity index (χ1) is 12.7. The second kappa shape index (κ2) is 6.80. The number of benzene rings is 1. The Labute approximate surface area is 151 Å². The highest BCUT2D eigenvalue weighted by molar-refractivity contribution is 5.94. The third-order valence-corrected chi connectivity index (χ3v) is 4.26. The Kier molecular flexibility index (Phi) is 4.19. The van der Waals surface area contributed by atoms with Crippen molar-refractivity contribution in [3.8, 4) is 11.3 Å². The van der Waals surface area contributed by atoms with Crippen molar-refractivity contribution in [1.29, 1.82) is 0 Å². The van der Waals surface area contributed by atoms with Gasteiger partial charge in [-0.2, -0.15) is 0 Å².